The Balaban J connectivity index is 2.26. The summed E-state index contributed by atoms with van der Waals surface area (Å²) in [5, 5.41) is 18.7. The van der Waals surface area contributed by atoms with E-state index < -0.39 is 49.4 Å². The van der Waals surface area contributed by atoms with E-state index in [9.17, 15) is 23.7 Å². The summed E-state index contributed by atoms with van der Waals surface area (Å²) in [6, 6.07) is 1.42. The van der Waals surface area contributed by atoms with Crippen LogP contribution < -0.4 is 11.2 Å². The van der Waals surface area contributed by atoms with Crippen molar-refractivity contribution in [3.63, 3.8) is 0 Å². The minimum Gasteiger partial charge on any atom is -0.390 e. The third kappa shape index (κ3) is 3.91. The second-order valence-electron chi connectivity index (χ2n) is 4.65. The highest BCUT2D eigenvalue weighted by Gasteiger charge is 2.43. The molecule has 1 aliphatic rings. The van der Waals surface area contributed by atoms with Crippen molar-refractivity contribution in [2.24, 2.45) is 0 Å². The number of phosphoric acid groups is 1. The molecular formula is C10H11FN3O8P. The van der Waals surface area contributed by atoms with Gasteiger partial charge in [0.2, 0.25) is 5.82 Å². The minimum absolute atomic E-state index is 0.293. The summed E-state index contributed by atoms with van der Waals surface area (Å²) in [6.45, 7) is 0. The first kappa shape index (κ1) is 17.5. The molecule has 0 radical (unpaired) electrons. The summed E-state index contributed by atoms with van der Waals surface area (Å²) in [4.78, 5) is 41.7. The number of hydrogen-bond donors (Lipinski definition) is 4. The Bertz CT molecular complexity index is 795. The van der Waals surface area contributed by atoms with Gasteiger partial charge in [-0.1, -0.05) is 0 Å². The van der Waals surface area contributed by atoms with Crippen LogP contribution in [0.2, 0.25) is 0 Å². The van der Waals surface area contributed by atoms with Gasteiger partial charge < -0.3 is 19.6 Å². The highest BCUT2D eigenvalue weighted by atomic mass is 31.2. The summed E-state index contributed by atoms with van der Waals surface area (Å²) in [5.74, 6) is -1.27. The zero-order valence-corrected chi connectivity index (χ0v) is 12.1. The molecule has 1 fully saturated rings. The van der Waals surface area contributed by atoms with Gasteiger partial charge in [-0.3, -0.25) is 18.9 Å². The Morgan fingerprint density at radius 2 is 2.22 bits per heavy atom. The number of halogens is 1. The SMILES string of the molecule is N#CC(OP(=O)(O)O)[C@H]1O[C@@H](n2cc(F)c(=O)[nH]c2=O)C[C@@H]1O. The normalized spacial score (nSPS) is 26.0. The van der Waals surface area contributed by atoms with Crippen LogP contribution in [0.25, 0.3) is 0 Å². The first-order chi connectivity index (χ1) is 10.6. The number of aliphatic hydroxyl groups is 1. The predicted molar refractivity (Wildman–Crippen MR) is 68.3 cm³/mol. The summed E-state index contributed by atoms with van der Waals surface area (Å²) in [5.41, 5.74) is -2.25. The predicted octanol–water partition coefficient (Wildman–Crippen LogP) is -1.67. The first-order valence-corrected chi connectivity index (χ1v) is 7.63. The maximum absolute atomic E-state index is 13.3. The van der Waals surface area contributed by atoms with E-state index >= 15 is 0 Å². The quantitative estimate of drug-likeness (QED) is 0.462. The summed E-state index contributed by atoms with van der Waals surface area (Å²) in [6.07, 6.45) is -5.72. The number of ether oxygens (including phenoxy) is 1. The van der Waals surface area contributed by atoms with Gasteiger partial charge >= 0.3 is 13.5 Å². The number of nitrogens with one attached hydrogen (secondary N) is 1. The van der Waals surface area contributed by atoms with Crippen LogP contribution in [-0.4, -0.2) is 42.8 Å². The molecule has 2 heterocycles. The molecule has 4 atom stereocenters. The lowest BCUT2D eigenvalue weighted by Gasteiger charge is -2.20. The lowest BCUT2D eigenvalue weighted by molar-refractivity contribution is -0.0646. The minimum atomic E-state index is -5.02. The Labute approximate surface area is 126 Å². The van der Waals surface area contributed by atoms with Crippen LogP contribution in [0.15, 0.2) is 15.8 Å². The van der Waals surface area contributed by atoms with Crippen LogP contribution in [0.4, 0.5) is 4.39 Å². The Morgan fingerprint density at radius 3 is 2.78 bits per heavy atom. The van der Waals surface area contributed by atoms with E-state index in [4.69, 9.17) is 19.8 Å². The number of nitriles is 1. The monoisotopic (exact) mass is 351 g/mol. The number of aliphatic hydroxyl groups excluding tert-OH is 1. The molecule has 1 aromatic rings. The Morgan fingerprint density at radius 1 is 1.57 bits per heavy atom. The van der Waals surface area contributed by atoms with E-state index in [1.54, 1.807) is 4.98 Å². The molecule has 1 saturated heterocycles. The van der Waals surface area contributed by atoms with E-state index in [-0.39, 0.29) is 6.42 Å². The van der Waals surface area contributed by atoms with Crippen LogP contribution in [0.1, 0.15) is 12.6 Å². The lowest BCUT2D eigenvalue weighted by atomic mass is 10.1. The number of hydrogen-bond acceptors (Lipinski definition) is 7. The number of rotatable bonds is 4. The fraction of sp³-hybridized carbons (Fsp3) is 0.500. The maximum Gasteiger partial charge on any atom is 0.470 e. The second-order valence-corrected chi connectivity index (χ2v) is 5.84. The molecule has 4 N–H and O–H groups in total. The molecule has 13 heteroatoms. The van der Waals surface area contributed by atoms with Gasteiger partial charge in [0.1, 0.15) is 12.3 Å². The maximum atomic E-state index is 13.3. The third-order valence-electron chi connectivity index (χ3n) is 3.05. The van der Waals surface area contributed by atoms with Gasteiger partial charge in [0, 0.05) is 6.42 Å². The fourth-order valence-electron chi connectivity index (χ4n) is 2.10. The molecular weight excluding hydrogens is 340 g/mol. The Kier molecular flexibility index (Phi) is 4.81. The largest absolute Gasteiger partial charge is 0.470 e. The van der Waals surface area contributed by atoms with Crippen molar-refractivity contribution in [2.45, 2.75) is 31.0 Å². The van der Waals surface area contributed by atoms with Crippen LogP contribution in [0, 0.1) is 17.1 Å². The van der Waals surface area contributed by atoms with E-state index in [0.717, 1.165) is 0 Å². The van der Waals surface area contributed by atoms with Gasteiger partial charge in [0.25, 0.3) is 5.56 Å². The van der Waals surface area contributed by atoms with E-state index in [0.29, 0.717) is 10.8 Å². The molecule has 0 aromatic carbocycles. The summed E-state index contributed by atoms with van der Waals surface area (Å²) < 4.78 is 34.1. The number of phosphoric ester groups is 1. The van der Waals surface area contributed by atoms with Crippen molar-refractivity contribution in [3.8, 4) is 6.07 Å². The van der Waals surface area contributed by atoms with Crippen LogP contribution in [0.5, 0.6) is 0 Å². The molecule has 0 bridgehead atoms. The zero-order chi connectivity index (χ0) is 17.4. The highest BCUT2D eigenvalue weighted by Crippen LogP contribution is 2.41. The molecule has 0 saturated carbocycles. The van der Waals surface area contributed by atoms with Crippen molar-refractivity contribution >= 4 is 7.82 Å². The molecule has 0 spiro atoms. The van der Waals surface area contributed by atoms with Crippen molar-refractivity contribution in [2.75, 3.05) is 0 Å². The lowest BCUT2D eigenvalue weighted by Crippen LogP contribution is -2.36. The number of aromatic nitrogens is 2. The second kappa shape index (κ2) is 6.32. The van der Waals surface area contributed by atoms with Crippen molar-refractivity contribution < 1.29 is 33.1 Å². The van der Waals surface area contributed by atoms with E-state index in [1.165, 1.54) is 6.07 Å². The first-order valence-electron chi connectivity index (χ1n) is 6.10. The molecule has 0 amide bonds. The van der Waals surface area contributed by atoms with E-state index in [1.807, 2.05) is 0 Å². The molecule has 0 aliphatic carbocycles. The van der Waals surface area contributed by atoms with Gasteiger partial charge in [-0.05, 0) is 0 Å². The van der Waals surface area contributed by atoms with Crippen molar-refractivity contribution in [3.05, 3.63) is 32.9 Å². The standard InChI is InChI=1S/C10H11FN3O8P/c11-4-3-14(10(17)13-9(4)16)7-1-5(15)8(21-7)6(2-12)22-23(18,19)20/h3,5-8,15H,1H2,(H,13,16,17)(H2,18,19,20)/t5-,6?,7+,8-/m0/s1. The van der Waals surface area contributed by atoms with Gasteiger partial charge in [-0.15, -0.1) is 0 Å². The summed E-state index contributed by atoms with van der Waals surface area (Å²) >= 11 is 0. The molecule has 23 heavy (non-hydrogen) atoms. The molecule has 2 rings (SSSR count). The highest BCUT2D eigenvalue weighted by molar-refractivity contribution is 7.46. The zero-order valence-electron chi connectivity index (χ0n) is 11.2. The van der Waals surface area contributed by atoms with Gasteiger partial charge in [0.05, 0.1) is 18.4 Å². The average molecular weight is 351 g/mol. The van der Waals surface area contributed by atoms with Crippen LogP contribution >= 0.6 is 7.82 Å². The molecule has 126 valence electrons. The Hall–Kier alpha value is -1.87. The van der Waals surface area contributed by atoms with Gasteiger partial charge in [-0.25, -0.2) is 9.36 Å². The summed E-state index contributed by atoms with van der Waals surface area (Å²) in [7, 11) is -5.02. The van der Waals surface area contributed by atoms with Crippen LogP contribution in [0.3, 0.4) is 0 Å². The fourth-order valence-corrected chi connectivity index (χ4v) is 2.56. The molecule has 11 nitrogen and oxygen atoms in total. The third-order valence-corrected chi connectivity index (χ3v) is 3.55. The van der Waals surface area contributed by atoms with Gasteiger partial charge in [-0.2, -0.15) is 9.65 Å². The smallest absolute Gasteiger partial charge is 0.390 e. The molecule has 1 unspecified atom stereocenters. The number of nitrogens with zero attached hydrogens (tertiary/aromatic N) is 2. The van der Waals surface area contributed by atoms with Crippen molar-refractivity contribution in [1.29, 1.82) is 5.26 Å². The van der Waals surface area contributed by atoms with Crippen LogP contribution in [-0.2, 0) is 13.8 Å². The van der Waals surface area contributed by atoms with Crippen molar-refractivity contribution in [1.82, 2.24) is 9.55 Å². The topological polar surface area (TPSA) is 175 Å². The molecule has 1 aromatic heterocycles. The molecule has 1 aliphatic heterocycles. The number of H-pyrrole nitrogens is 1. The van der Waals surface area contributed by atoms with Gasteiger partial charge in [0.15, 0.2) is 6.10 Å². The number of aromatic amines is 1. The average Bonchev–Trinajstić information content (AvgIpc) is 2.81. The van der Waals surface area contributed by atoms with E-state index in [2.05, 4.69) is 4.52 Å².